The van der Waals surface area contributed by atoms with Crippen LogP contribution in [0.15, 0.2) is 29.2 Å². The molecule has 1 aromatic carbocycles. The van der Waals surface area contributed by atoms with Gasteiger partial charge >= 0.3 is 0 Å². The molecule has 21 heavy (non-hydrogen) atoms. The van der Waals surface area contributed by atoms with Crippen molar-refractivity contribution in [2.75, 3.05) is 26.2 Å². The zero-order chi connectivity index (χ0) is 15.0. The third-order valence-corrected chi connectivity index (χ3v) is 6.04. The smallest absolute Gasteiger partial charge is 0.243 e. The molecule has 0 aromatic heterocycles. The first-order chi connectivity index (χ1) is 9.96. The molecule has 1 aromatic rings. The van der Waals surface area contributed by atoms with Gasteiger partial charge in [0.15, 0.2) is 0 Å². The normalized spacial score (nSPS) is 26.2. The fourth-order valence-electron chi connectivity index (χ4n) is 3.12. The molecule has 2 heterocycles. The van der Waals surface area contributed by atoms with Crippen molar-refractivity contribution in [3.63, 3.8) is 0 Å². The average molecular weight is 310 g/mol. The van der Waals surface area contributed by atoms with Gasteiger partial charge in [0.25, 0.3) is 0 Å². The maximum Gasteiger partial charge on any atom is 0.243 e. The first-order valence-corrected chi connectivity index (χ1v) is 8.88. The maximum atomic E-state index is 12.7. The molecule has 0 aliphatic carbocycles. The van der Waals surface area contributed by atoms with Crippen LogP contribution in [0, 0.1) is 11.8 Å². The predicted octanol–water partition coefficient (Wildman–Crippen LogP) is 1.31. The van der Waals surface area contributed by atoms with Crippen molar-refractivity contribution in [2.24, 2.45) is 11.8 Å². The van der Waals surface area contributed by atoms with Crippen LogP contribution in [-0.2, 0) is 10.0 Å². The Morgan fingerprint density at radius 2 is 1.71 bits per heavy atom. The monoisotopic (exact) mass is 310 g/mol. The SMILES string of the molecule is CC(C)Oc1ccc(S(=O)(=O)N2C[C@H]3CNC[C@H]3C2)cc1. The van der Waals surface area contributed by atoms with E-state index in [1.165, 1.54) is 0 Å². The third kappa shape index (κ3) is 2.93. The molecule has 2 fully saturated rings. The lowest BCUT2D eigenvalue weighted by Gasteiger charge is -2.18. The van der Waals surface area contributed by atoms with Crippen LogP contribution in [0.3, 0.4) is 0 Å². The van der Waals surface area contributed by atoms with E-state index in [0.29, 0.717) is 35.6 Å². The molecule has 2 aliphatic rings. The Labute approximate surface area is 126 Å². The molecular weight excluding hydrogens is 288 g/mol. The van der Waals surface area contributed by atoms with Gasteiger partial charge in [-0.2, -0.15) is 4.31 Å². The molecule has 2 aliphatic heterocycles. The van der Waals surface area contributed by atoms with Crippen LogP contribution >= 0.6 is 0 Å². The van der Waals surface area contributed by atoms with Crippen LogP contribution in [0.4, 0.5) is 0 Å². The highest BCUT2D eigenvalue weighted by Gasteiger charge is 2.41. The van der Waals surface area contributed by atoms with Crippen molar-refractivity contribution < 1.29 is 13.2 Å². The molecule has 5 nitrogen and oxygen atoms in total. The second-order valence-corrected chi connectivity index (χ2v) is 8.08. The lowest BCUT2D eigenvalue weighted by atomic mass is 10.0. The van der Waals surface area contributed by atoms with Gasteiger partial charge in [-0.3, -0.25) is 0 Å². The molecule has 0 spiro atoms. The number of ether oxygens (including phenoxy) is 1. The highest BCUT2D eigenvalue weighted by molar-refractivity contribution is 7.89. The van der Waals surface area contributed by atoms with Gasteiger partial charge in [0.1, 0.15) is 5.75 Å². The van der Waals surface area contributed by atoms with Gasteiger partial charge in [0.2, 0.25) is 10.0 Å². The molecular formula is C15H22N2O3S. The summed E-state index contributed by atoms with van der Waals surface area (Å²) in [6.45, 7) is 7.01. The summed E-state index contributed by atoms with van der Waals surface area (Å²) in [5, 5.41) is 3.32. The van der Waals surface area contributed by atoms with Crippen molar-refractivity contribution in [2.45, 2.75) is 24.8 Å². The Bertz CT molecular complexity index is 586. The molecule has 0 saturated carbocycles. The van der Waals surface area contributed by atoms with Crippen LogP contribution < -0.4 is 10.1 Å². The Morgan fingerprint density at radius 1 is 1.14 bits per heavy atom. The minimum absolute atomic E-state index is 0.0814. The van der Waals surface area contributed by atoms with E-state index in [-0.39, 0.29) is 6.10 Å². The number of hydrogen-bond acceptors (Lipinski definition) is 4. The predicted molar refractivity (Wildman–Crippen MR) is 80.8 cm³/mol. The Kier molecular flexibility index (Phi) is 3.94. The second-order valence-electron chi connectivity index (χ2n) is 6.14. The quantitative estimate of drug-likeness (QED) is 0.911. The van der Waals surface area contributed by atoms with E-state index in [4.69, 9.17) is 4.74 Å². The number of hydrogen-bond donors (Lipinski definition) is 1. The highest BCUT2D eigenvalue weighted by Crippen LogP contribution is 2.31. The summed E-state index contributed by atoms with van der Waals surface area (Å²) < 4.78 is 32.5. The van der Waals surface area contributed by atoms with Crippen LogP contribution in [0.5, 0.6) is 5.75 Å². The first kappa shape index (κ1) is 14.8. The molecule has 6 heteroatoms. The molecule has 0 bridgehead atoms. The van der Waals surface area contributed by atoms with Crippen LogP contribution in [0.25, 0.3) is 0 Å². The van der Waals surface area contributed by atoms with Crippen LogP contribution in [-0.4, -0.2) is 45.0 Å². The number of sulfonamides is 1. The number of benzene rings is 1. The summed E-state index contributed by atoms with van der Waals surface area (Å²) in [5.41, 5.74) is 0. The number of nitrogens with zero attached hydrogens (tertiary/aromatic N) is 1. The van der Waals surface area contributed by atoms with Crippen molar-refractivity contribution in [3.8, 4) is 5.75 Å². The molecule has 116 valence electrons. The topological polar surface area (TPSA) is 58.6 Å². The molecule has 0 unspecified atom stereocenters. The van der Waals surface area contributed by atoms with Gasteiger partial charge in [-0.25, -0.2) is 8.42 Å². The number of nitrogens with one attached hydrogen (secondary N) is 1. The maximum absolute atomic E-state index is 12.7. The Morgan fingerprint density at radius 3 is 2.24 bits per heavy atom. The van der Waals surface area contributed by atoms with E-state index in [9.17, 15) is 8.42 Å². The minimum Gasteiger partial charge on any atom is -0.491 e. The first-order valence-electron chi connectivity index (χ1n) is 7.44. The van der Waals surface area contributed by atoms with Gasteiger partial charge in [-0.05, 0) is 63.0 Å². The van der Waals surface area contributed by atoms with E-state index in [1.807, 2.05) is 13.8 Å². The summed E-state index contributed by atoms with van der Waals surface area (Å²) in [5.74, 6) is 1.62. The zero-order valence-corrected chi connectivity index (χ0v) is 13.3. The van der Waals surface area contributed by atoms with Crippen molar-refractivity contribution >= 4 is 10.0 Å². The molecule has 0 amide bonds. The van der Waals surface area contributed by atoms with E-state index in [2.05, 4.69) is 5.32 Å². The summed E-state index contributed by atoms with van der Waals surface area (Å²) >= 11 is 0. The van der Waals surface area contributed by atoms with Gasteiger partial charge < -0.3 is 10.1 Å². The van der Waals surface area contributed by atoms with E-state index < -0.39 is 10.0 Å². The van der Waals surface area contributed by atoms with Crippen molar-refractivity contribution in [3.05, 3.63) is 24.3 Å². The van der Waals surface area contributed by atoms with Crippen molar-refractivity contribution in [1.82, 2.24) is 9.62 Å². The molecule has 2 saturated heterocycles. The van der Waals surface area contributed by atoms with Gasteiger partial charge in [-0.15, -0.1) is 0 Å². The number of fused-ring (bicyclic) bond motifs is 1. The molecule has 3 rings (SSSR count). The Hall–Kier alpha value is -1.11. The lowest BCUT2D eigenvalue weighted by molar-refractivity contribution is 0.242. The second kappa shape index (κ2) is 5.59. The molecule has 0 radical (unpaired) electrons. The lowest BCUT2D eigenvalue weighted by Crippen LogP contribution is -2.31. The van der Waals surface area contributed by atoms with Crippen LogP contribution in [0.1, 0.15) is 13.8 Å². The van der Waals surface area contributed by atoms with Crippen LogP contribution in [0.2, 0.25) is 0 Å². The fraction of sp³-hybridized carbons (Fsp3) is 0.600. The summed E-state index contributed by atoms with van der Waals surface area (Å²) in [6, 6.07) is 6.73. The van der Waals surface area contributed by atoms with Gasteiger partial charge in [0, 0.05) is 13.1 Å². The fourth-order valence-corrected chi connectivity index (χ4v) is 4.67. The Balaban J connectivity index is 1.76. The van der Waals surface area contributed by atoms with Gasteiger partial charge in [-0.1, -0.05) is 0 Å². The molecule has 2 atom stereocenters. The number of rotatable bonds is 4. The zero-order valence-electron chi connectivity index (χ0n) is 12.5. The standard InChI is InChI=1S/C15H22N2O3S/c1-11(2)20-14-3-5-15(6-4-14)21(18,19)17-9-12-7-16-8-13(12)10-17/h3-6,11-13,16H,7-10H2,1-2H3/t12-,13+. The van der Waals surface area contributed by atoms with E-state index in [0.717, 1.165) is 13.1 Å². The third-order valence-electron chi connectivity index (χ3n) is 4.19. The summed E-state index contributed by atoms with van der Waals surface area (Å²) in [7, 11) is -3.38. The minimum atomic E-state index is -3.38. The van der Waals surface area contributed by atoms with E-state index in [1.54, 1.807) is 28.6 Å². The van der Waals surface area contributed by atoms with Crippen molar-refractivity contribution in [1.29, 1.82) is 0 Å². The average Bonchev–Trinajstić information content (AvgIpc) is 2.99. The molecule has 1 N–H and O–H groups in total. The van der Waals surface area contributed by atoms with E-state index >= 15 is 0 Å². The largest absolute Gasteiger partial charge is 0.491 e. The van der Waals surface area contributed by atoms with Gasteiger partial charge in [0.05, 0.1) is 11.0 Å². The highest BCUT2D eigenvalue weighted by atomic mass is 32.2. The summed E-state index contributed by atoms with van der Waals surface area (Å²) in [6.07, 6.45) is 0.0814. The summed E-state index contributed by atoms with van der Waals surface area (Å²) in [4.78, 5) is 0.353.